The molecule has 2 aromatic rings. The van der Waals surface area contributed by atoms with E-state index in [1.807, 2.05) is 12.1 Å². The first-order valence-electron chi connectivity index (χ1n) is 6.48. The number of furan rings is 1. The quantitative estimate of drug-likeness (QED) is 0.877. The van der Waals surface area contributed by atoms with E-state index in [1.165, 1.54) is 11.3 Å². The third-order valence-corrected chi connectivity index (χ3v) is 3.42. The second-order valence-corrected chi connectivity index (χ2v) is 4.69. The highest BCUT2D eigenvalue weighted by Gasteiger charge is 2.12. The van der Waals surface area contributed by atoms with Crippen LogP contribution in [0.5, 0.6) is 0 Å². The van der Waals surface area contributed by atoms with Gasteiger partial charge in [0.1, 0.15) is 5.76 Å². The average Bonchev–Trinajstić information content (AvgIpc) is 2.86. The molecule has 0 amide bonds. The number of anilines is 1. The summed E-state index contributed by atoms with van der Waals surface area (Å²) < 4.78 is 5.42. The highest BCUT2D eigenvalue weighted by molar-refractivity contribution is 5.51. The molecule has 0 radical (unpaired) electrons. The van der Waals surface area contributed by atoms with Crippen LogP contribution in [-0.2, 0) is 13.0 Å². The van der Waals surface area contributed by atoms with Crippen molar-refractivity contribution in [1.82, 2.24) is 4.90 Å². The number of benzene rings is 1. The Balaban J connectivity index is 1.68. The number of hydrogen-bond donors (Lipinski definition) is 1. The minimum Gasteiger partial charge on any atom is -0.468 e. The van der Waals surface area contributed by atoms with Gasteiger partial charge in [-0.2, -0.15) is 0 Å². The van der Waals surface area contributed by atoms with Gasteiger partial charge in [0.2, 0.25) is 0 Å². The largest absolute Gasteiger partial charge is 0.468 e. The summed E-state index contributed by atoms with van der Waals surface area (Å²) in [6, 6.07) is 12.6. The molecule has 0 saturated heterocycles. The van der Waals surface area contributed by atoms with E-state index in [-0.39, 0.29) is 0 Å². The first-order chi connectivity index (χ1) is 8.92. The van der Waals surface area contributed by atoms with Crippen molar-refractivity contribution in [3.05, 3.63) is 54.0 Å². The van der Waals surface area contributed by atoms with E-state index in [2.05, 4.69) is 34.5 Å². The van der Waals surface area contributed by atoms with Gasteiger partial charge in [-0.3, -0.25) is 4.90 Å². The van der Waals surface area contributed by atoms with Gasteiger partial charge in [-0.05, 0) is 30.2 Å². The molecule has 3 rings (SSSR count). The van der Waals surface area contributed by atoms with Crippen LogP contribution in [-0.4, -0.2) is 24.5 Å². The van der Waals surface area contributed by atoms with Gasteiger partial charge in [-0.15, -0.1) is 0 Å². The van der Waals surface area contributed by atoms with Crippen LogP contribution in [0.25, 0.3) is 0 Å². The number of fused-ring (bicyclic) bond motifs is 1. The van der Waals surface area contributed by atoms with Gasteiger partial charge in [0.25, 0.3) is 0 Å². The Morgan fingerprint density at radius 3 is 2.94 bits per heavy atom. The van der Waals surface area contributed by atoms with E-state index in [1.54, 1.807) is 6.26 Å². The fraction of sp³-hybridized carbons (Fsp3) is 0.333. The zero-order valence-electron chi connectivity index (χ0n) is 10.4. The molecule has 1 aliphatic heterocycles. The molecule has 1 aliphatic rings. The monoisotopic (exact) mass is 242 g/mol. The molecule has 0 atom stereocenters. The minimum atomic E-state index is 0.900. The van der Waals surface area contributed by atoms with Gasteiger partial charge in [0, 0.05) is 25.3 Å². The van der Waals surface area contributed by atoms with Gasteiger partial charge in [0.15, 0.2) is 0 Å². The molecule has 94 valence electrons. The fourth-order valence-electron chi connectivity index (χ4n) is 2.43. The van der Waals surface area contributed by atoms with Crippen molar-refractivity contribution in [2.75, 3.05) is 25.0 Å². The molecule has 2 heterocycles. The first-order valence-corrected chi connectivity index (χ1v) is 6.48. The van der Waals surface area contributed by atoms with Crippen LogP contribution in [0.4, 0.5) is 5.69 Å². The van der Waals surface area contributed by atoms with Crippen molar-refractivity contribution >= 4 is 5.69 Å². The number of hydrogen-bond acceptors (Lipinski definition) is 3. The third kappa shape index (κ3) is 2.57. The highest BCUT2D eigenvalue weighted by atomic mass is 16.3. The van der Waals surface area contributed by atoms with Gasteiger partial charge in [0.05, 0.1) is 12.8 Å². The molecule has 3 nitrogen and oxygen atoms in total. The number of rotatable bonds is 2. The molecular weight excluding hydrogens is 224 g/mol. The van der Waals surface area contributed by atoms with Crippen LogP contribution in [0, 0.1) is 0 Å². The Bertz CT molecular complexity index is 493. The lowest BCUT2D eigenvalue weighted by molar-refractivity contribution is 0.253. The lowest BCUT2D eigenvalue weighted by Crippen LogP contribution is -2.32. The Morgan fingerprint density at radius 1 is 1.11 bits per heavy atom. The van der Waals surface area contributed by atoms with Crippen LogP contribution in [0.15, 0.2) is 47.1 Å². The Morgan fingerprint density at radius 2 is 2.06 bits per heavy atom. The minimum absolute atomic E-state index is 0.900. The summed E-state index contributed by atoms with van der Waals surface area (Å²) in [5, 5.41) is 3.50. The molecule has 0 aliphatic carbocycles. The van der Waals surface area contributed by atoms with Crippen molar-refractivity contribution in [3.63, 3.8) is 0 Å². The predicted octanol–water partition coefficient (Wildman–Crippen LogP) is 2.75. The van der Waals surface area contributed by atoms with Crippen LogP contribution in [0.3, 0.4) is 0 Å². The second kappa shape index (κ2) is 5.27. The van der Waals surface area contributed by atoms with Crippen molar-refractivity contribution in [1.29, 1.82) is 0 Å². The van der Waals surface area contributed by atoms with Crippen molar-refractivity contribution < 1.29 is 4.42 Å². The van der Waals surface area contributed by atoms with Crippen LogP contribution in [0.1, 0.15) is 11.3 Å². The maximum absolute atomic E-state index is 5.42. The number of nitrogens with zero attached hydrogens (tertiary/aromatic N) is 1. The average molecular weight is 242 g/mol. The topological polar surface area (TPSA) is 28.4 Å². The van der Waals surface area contributed by atoms with E-state index >= 15 is 0 Å². The smallest absolute Gasteiger partial charge is 0.117 e. The SMILES string of the molecule is c1coc(CN2CCNc3ccccc3CC2)c1. The van der Waals surface area contributed by atoms with E-state index in [0.717, 1.165) is 38.4 Å². The summed E-state index contributed by atoms with van der Waals surface area (Å²) in [4.78, 5) is 2.43. The normalized spacial score (nSPS) is 16.4. The van der Waals surface area contributed by atoms with Gasteiger partial charge < -0.3 is 9.73 Å². The Kier molecular flexibility index (Phi) is 3.33. The predicted molar refractivity (Wildman–Crippen MR) is 72.6 cm³/mol. The lowest BCUT2D eigenvalue weighted by Gasteiger charge is -2.25. The van der Waals surface area contributed by atoms with E-state index in [4.69, 9.17) is 4.42 Å². The summed E-state index contributed by atoms with van der Waals surface area (Å²) in [5.41, 5.74) is 2.69. The summed E-state index contributed by atoms with van der Waals surface area (Å²) in [6.07, 6.45) is 2.83. The Hall–Kier alpha value is -1.74. The molecule has 1 aromatic heterocycles. The lowest BCUT2D eigenvalue weighted by atomic mass is 10.1. The van der Waals surface area contributed by atoms with E-state index < -0.39 is 0 Å². The molecule has 3 heteroatoms. The molecule has 0 unspecified atom stereocenters. The summed E-state index contributed by atoms with van der Waals surface area (Å²) in [5.74, 6) is 1.05. The number of nitrogens with one attached hydrogen (secondary N) is 1. The van der Waals surface area contributed by atoms with Crippen molar-refractivity contribution in [3.8, 4) is 0 Å². The van der Waals surface area contributed by atoms with E-state index in [9.17, 15) is 0 Å². The zero-order chi connectivity index (χ0) is 12.2. The first kappa shape index (κ1) is 11.4. The third-order valence-electron chi connectivity index (χ3n) is 3.42. The Labute approximate surface area is 107 Å². The maximum atomic E-state index is 5.42. The summed E-state index contributed by atoms with van der Waals surface area (Å²) in [6.45, 7) is 4.02. The zero-order valence-corrected chi connectivity index (χ0v) is 10.4. The van der Waals surface area contributed by atoms with E-state index in [0.29, 0.717) is 0 Å². The van der Waals surface area contributed by atoms with Crippen LogP contribution < -0.4 is 5.32 Å². The molecule has 0 bridgehead atoms. The standard InChI is InChI=1S/C15H18N2O/c1-2-6-15-13(4-1)7-9-17(10-8-16-15)12-14-5-3-11-18-14/h1-6,11,16H,7-10,12H2. The van der Waals surface area contributed by atoms with Gasteiger partial charge in [-0.25, -0.2) is 0 Å². The summed E-state index contributed by atoms with van der Waals surface area (Å²) in [7, 11) is 0. The fourth-order valence-corrected chi connectivity index (χ4v) is 2.43. The second-order valence-electron chi connectivity index (χ2n) is 4.69. The maximum Gasteiger partial charge on any atom is 0.117 e. The van der Waals surface area contributed by atoms with Crippen molar-refractivity contribution in [2.24, 2.45) is 0 Å². The van der Waals surface area contributed by atoms with Gasteiger partial charge in [-0.1, -0.05) is 18.2 Å². The molecule has 0 fully saturated rings. The van der Waals surface area contributed by atoms with Crippen LogP contribution in [0.2, 0.25) is 0 Å². The molecule has 18 heavy (non-hydrogen) atoms. The highest BCUT2D eigenvalue weighted by Crippen LogP contribution is 2.18. The van der Waals surface area contributed by atoms with Crippen molar-refractivity contribution in [2.45, 2.75) is 13.0 Å². The molecular formula is C15H18N2O. The molecule has 0 spiro atoms. The van der Waals surface area contributed by atoms with Crippen LogP contribution >= 0.6 is 0 Å². The summed E-state index contributed by atoms with van der Waals surface area (Å²) >= 11 is 0. The van der Waals surface area contributed by atoms with Gasteiger partial charge >= 0.3 is 0 Å². The number of para-hydroxylation sites is 1. The molecule has 1 aromatic carbocycles. The molecule has 1 N–H and O–H groups in total. The molecule has 0 saturated carbocycles.